The lowest BCUT2D eigenvalue weighted by Gasteiger charge is -2.06. The van der Waals surface area contributed by atoms with Crippen LogP contribution in [0.2, 0.25) is 5.02 Å². The van der Waals surface area contributed by atoms with E-state index in [4.69, 9.17) is 16.0 Å². The lowest BCUT2D eigenvalue weighted by atomic mass is 10.2. The number of carbonyl (C=O) groups excluding carboxylic acids is 1. The number of hydrogen-bond donors (Lipinski definition) is 2. The van der Waals surface area contributed by atoms with Crippen LogP contribution in [0.4, 0.5) is 15.6 Å². The smallest absolute Gasteiger partial charge is 0.325 e. The van der Waals surface area contributed by atoms with E-state index < -0.39 is 6.03 Å². The third-order valence-corrected chi connectivity index (χ3v) is 4.61. The van der Waals surface area contributed by atoms with E-state index in [2.05, 4.69) is 15.6 Å². The van der Waals surface area contributed by atoms with Crippen LogP contribution in [0.3, 0.4) is 0 Å². The van der Waals surface area contributed by atoms with E-state index in [0.29, 0.717) is 27.3 Å². The first kappa shape index (κ1) is 15.7. The predicted molar refractivity (Wildman–Crippen MR) is 101 cm³/mol. The summed E-state index contributed by atoms with van der Waals surface area (Å²) in [6, 6.07) is 16.3. The van der Waals surface area contributed by atoms with Crippen molar-refractivity contribution in [2.75, 3.05) is 10.6 Å². The highest BCUT2D eigenvalue weighted by molar-refractivity contribution is 7.14. The molecule has 0 aliphatic rings. The molecule has 0 unspecified atom stereocenters. The van der Waals surface area contributed by atoms with Gasteiger partial charge < -0.3 is 9.73 Å². The molecule has 0 saturated carbocycles. The van der Waals surface area contributed by atoms with Crippen molar-refractivity contribution >= 4 is 50.8 Å². The van der Waals surface area contributed by atoms with Gasteiger partial charge in [0.25, 0.3) is 0 Å². The minimum Gasteiger partial charge on any atom is -0.454 e. The fraction of sp³-hybridized carbons (Fsp3) is 0. The molecule has 25 heavy (non-hydrogen) atoms. The number of halogens is 1. The van der Waals surface area contributed by atoms with Gasteiger partial charge in [-0.15, -0.1) is 11.3 Å². The molecule has 2 amide bonds. The highest BCUT2D eigenvalue weighted by Gasteiger charge is 2.12. The maximum absolute atomic E-state index is 12.1. The van der Waals surface area contributed by atoms with Gasteiger partial charge in [-0.05, 0) is 24.3 Å². The fourth-order valence-electron chi connectivity index (χ4n) is 2.37. The Morgan fingerprint density at radius 1 is 1.08 bits per heavy atom. The zero-order valence-corrected chi connectivity index (χ0v) is 14.4. The van der Waals surface area contributed by atoms with Gasteiger partial charge in [0.15, 0.2) is 10.9 Å². The number of nitrogens with zero attached hydrogens (tertiary/aromatic N) is 1. The molecule has 0 bridgehead atoms. The molecule has 0 aliphatic carbocycles. The van der Waals surface area contributed by atoms with Crippen LogP contribution in [-0.4, -0.2) is 11.0 Å². The highest BCUT2D eigenvalue weighted by atomic mass is 35.5. The first-order valence-electron chi connectivity index (χ1n) is 7.46. The van der Waals surface area contributed by atoms with Crippen LogP contribution in [0.25, 0.3) is 22.4 Å². The highest BCUT2D eigenvalue weighted by Crippen LogP contribution is 2.30. The predicted octanol–water partition coefficient (Wildman–Crippen LogP) is 5.85. The van der Waals surface area contributed by atoms with E-state index >= 15 is 0 Å². The summed E-state index contributed by atoms with van der Waals surface area (Å²) in [6.07, 6.45) is 0. The molecule has 4 aromatic rings. The van der Waals surface area contributed by atoms with Gasteiger partial charge in [-0.1, -0.05) is 41.9 Å². The molecule has 0 radical (unpaired) electrons. The van der Waals surface area contributed by atoms with Gasteiger partial charge in [0.05, 0.1) is 10.7 Å². The Labute approximate surface area is 152 Å². The number of para-hydroxylation sites is 2. The second-order valence-corrected chi connectivity index (χ2v) is 6.51. The Balaban J connectivity index is 1.49. The second kappa shape index (κ2) is 6.58. The number of amides is 2. The van der Waals surface area contributed by atoms with E-state index in [1.54, 1.807) is 24.3 Å². The quantitative estimate of drug-likeness (QED) is 0.475. The summed E-state index contributed by atoms with van der Waals surface area (Å²) in [4.78, 5) is 16.5. The Morgan fingerprint density at radius 3 is 2.72 bits per heavy atom. The minimum absolute atomic E-state index is 0.404. The topological polar surface area (TPSA) is 67.2 Å². The largest absolute Gasteiger partial charge is 0.454 e. The zero-order chi connectivity index (χ0) is 17.2. The van der Waals surface area contributed by atoms with Crippen molar-refractivity contribution in [3.8, 4) is 11.5 Å². The van der Waals surface area contributed by atoms with Gasteiger partial charge in [-0.2, -0.15) is 0 Å². The molecular weight excluding hydrogens is 358 g/mol. The lowest BCUT2D eigenvalue weighted by Crippen LogP contribution is -2.19. The Kier molecular flexibility index (Phi) is 4.13. The molecule has 2 N–H and O–H groups in total. The van der Waals surface area contributed by atoms with Crippen LogP contribution >= 0.6 is 22.9 Å². The van der Waals surface area contributed by atoms with Crippen LogP contribution < -0.4 is 10.6 Å². The number of urea groups is 1. The number of anilines is 2. The van der Waals surface area contributed by atoms with Gasteiger partial charge in [0.2, 0.25) is 0 Å². The third kappa shape index (κ3) is 3.35. The molecule has 0 atom stereocenters. The fourth-order valence-corrected chi connectivity index (χ4v) is 3.24. The summed E-state index contributed by atoms with van der Waals surface area (Å²) in [6.45, 7) is 0. The monoisotopic (exact) mass is 369 g/mol. The summed E-state index contributed by atoms with van der Waals surface area (Å²) < 4.78 is 5.78. The number of fused-ring (bicyclic) bond motifs is 1. The van der Waals surface area contributed by atoms with Crippen molar-refractivity contribution in [3.63, 3.8) is 0 Å². The van der Waals surface area contributed by atoms with E-state index in [-0.39, 0.29) is 0 Å². The molecule has 0 aliphatic heterocycles. The molecular formula is C18H12ClN3O2S. The molecule has 0 spiro atoms. The van der Waals surface area contributed by atoms with Crippen molar-refractivity contribution < 1.29 is 9.21 Å². The SMILES string of the molecule is O=C(Nc1nc(-c2cc3ccccc3o2)cs1)Nc1ccccc1Cl. The van der Waals surface area contributed by atoms with Gasteiger partial charge in [-0.3, -0.25) is 5.32 Å². The number of carbonyl (C=O) groups is 1. The van der Waals surface area contributed by atoms with Crippen LogP contribution in [-0.2, 0) is 0 Å². The average Bonchev–Trinajstić information content (AvgIpc) is 3.23. The van der Waals surface area contributed by atoms with Crippen LogP contribution in [0, 0.1) is 0 Å². The van der Waals surface area contributed by atoms with Crippen molar-refractivity contribution in [3.05, 3.63) is 65.0 Å². The van der Waals surface area contributed by atoms with Gasteiger partial charge in [0, 0.05) is 10.8 Å². The minimum atomic E-state index is -0.404. The summed E-state index contributed by atoms with van der Waals surface area (Å²) in [5, 5.41) is 9.18. The maximum Gasteiger partial charge on any atom is 0.325 e. The van der Waals surface area contributed by atoms with Gasteiger partial charge >= 0.3 is 6.03 Å². The molecule has 0 fully saturated rings. The van der Waals surface area contributed by atoms with Crippen molar-refractivity contribution in [2.24, 2.45) is 0 Å². The molecule has 2 aromatic carbocycles. The number of furan rings is 1. The third-order valence-electron chi connectivity index (χ3n) is 3.52. The van der Waals surface area contributed by atoms with Crippen LogP contribution in [0.1, 0.15) is 0 Å². The Bertz CT molecular complexity index is 1020. The second-order valence-electron chi connectivity index (χ2n) is 5.25. The van der Waals surface area contributed by atoms with E-state index in [9.17, 15) is 4.79 Å². The van der Waals surface area contributed by atoms with E-state index in [1.165, 1.54) is 11.3 Å². The molecule has 4 rings (SSSR count). The molecule has 0 saturated heterocycles. The summed E-state index contributed by atoms with van der Waals surface area (Å²) in [5.41, 5.74) is 2.02. The summed E-state index contributed by atoms with van der Waals surface area (Å²) in [7, 11) is 0. The maximum atomic E-state index is 12.1. The number of thiazole rings is 1. The van der Waals surface area contributed by atoms with E-state index in [0.717, 1.165) is 11.0 Å². The lowest BCUT2D eigenvalue weighted by molar-refractivity contribution is 0.262. The van der Waals surface area contributed by atoms with Crippen molar-refractivity contribution in [1.82, 2.24) is 4.98 Å². The van der Waals surface area contributed by atoms with Crippen LogP contribution in [0.15, 0.2) is 64.4 Å². The summed E-state index contributed by atoms with van der Waals surface area (Å²) >= 11 is 7.35. The first-order valence-corrected chi connectivity index (χ1v) is 8.72. The average molecular weight is 370 g/mol. The van der Waals surface area contributed by atoms with Gasteiger partial charge in [-0.25, -0.2) is 9.78 Å². The zero-order valence-electron chi connectivity index (χ0n) is 12.8. The standard InChI is InChI=1S/C18H12ClN3O2S/c19-12-6-2-3-7-13(12)20-17(23)22-18-21-14(10-25-18)16-9-11-5-1-4-8-15(11)24-16/h1-10H,(H2,20,21,22,23). The summed E-state index contributed by atoms with van der Waals surface area (Å²) in [5.74, 6) is 0.664. The molecule has 124 valence electrons. The first-order chi connectivity index (χ1) is 12.2. The van der Waals surface area contributed by atoms with Crippen LogP contribution in [0.5, 0.6) is 0 Å². The normalized spacial score (nSPS) is 10.8. The molecule has 5 nitrogen and oxygen atoms in total. The van der Waals surface area contributed by atoms with Crippen molar-refractivity contribution in [1.29, 1.82) is 0 Å². The molecule has 7 heteroatoms. The number of nitrogens with one attached hydrogen (secondary N) is 2. The van der Waals surface area contributed by atoms with Gasteiger partial charge in [0.1, 0.15) is 11.3 Å². The molecule has 2 heterocycles. The Hall–Kier alpha value is -2.83. The molecule has 2 aromatic heterocycles. The number of hydrogen-bond acceptors (Lipinski definition) is 4. The van der Waals surface area contributed by atoms with Crippen molar-refractivity contribution in [2.45, 2.75) is 0 Å². The van der Waals surface area contributed by atoms with E-state index in [1.807, 2.05) is 35.7 Å². The number of aromatic nitrogens is 1. The number of benzene rings is 2. The number of rotatable bonds is 3. The Morgan fingerprint density at radius 2 is 1.88 bits per heavy atom.